The molecule has 1 aliphatic heterocycles. The number of urea groups is 1. The third-order valence-electron chi connectivity index (χ3n) is 4.35. The van der Waals surface area contributed by atoms with Crippen molar-refractivity contribution in [3.8, 4) is 0 Å². The number of carbonyl (C=O) groups is 3. The molecule has 134 valence electrons. The molecular weight excluding hydrogens is 445 g/mol. The van der Waals surface area contributed by atoms with Gasteiger partial charge < -0.3 is 10.6 Å². The van der Waals surface area contributed by atoms with Crippen LogP contribution in [0.15, 0.2) is 48.5 Å². The summed E-state index contributed by atoms with van der Waals surface area (Å²) in [5.41, 5.74) is 1.21. The zero-order valence-electron chi connectivity index (χ0n) is 14.4. The van der Waals surface area contributed by atoms with Crippen molar-refractivity contribution in [1.29, 1.82) is 0 Å². The quantitative estimate of drug-likeness (QED) is 0.541. The van der Waals surface area contributed by atoms with E-state index < -0.39 is 23.4 Å². The summed E-state index contributed by atoms with van der Waals surface area (Å²) in [4.78, 5) is 38.4. The van der Waals surface area contributed by atoms with E-state index in [-0.39, 0.29) is 6.54 Å². The lowest BCUT2D eigenvalue weighted by Gasteiger charge is -2.22. The molecule has 2 N–H and O–H groups in total. The van der Waals surface area contributed by atoms with E-state index in [0.717, 1.165) is 14.0 Å². The van der Waals surface area contributed by atoms with Crippen LogP contribution in [-0.4, -0.2) is 29.3 Å². The second-order valence-corrected chi connectivity index (χ2v) is 7.50. The highest BCUT2D eigenvalue weighted by atomic mass is 127. The molecule has 0 aliphatic carbocycles. The Kier molecular flexibility index (Phi) is 4.99. The number of aryl methyl sites for hydroxylation is 1. The molecule has 7 heteroatoms. The van der Waals surface area contributed by atoms with Gasteiger partial charge >= 0.3 is 6.03 Å². The normalized spacial score (nSPS) is 19.4. The number of hydrogen-bond donors (Lipinski definition) is 2. The molecule has 0 saturated carbocycles. The van der Waals surface area contributed by atoms with Gasteiger partial charge in [-0.2, -0.15) is 0 Å². The second-order valence-electron chi connectivity index (χ2n) is 6.34. The lowest BCUT2D eigenvalue weighted by Crippen LogP contribution is -2.42. The SMILES string of the molecule is Cc1ccc(C2(C)NC(=O)N(CC(=O)Nc3ccccc3I)C2=O)cc1. The van der Waals surface area contributed by atoms with Crippen molar-refractivity contribution < 1.29 is 14.4 Å². The van der Waals surface area contributed by atoms with Gasteiger partial charge in [-0.1, -0.05) is 42.0 Å². The van der Waals surface area contributed by atoms with Crippen LogP contribution in [0, 0.1) is 10.5 Å². The van der Waals surface area contributed by atoms with Crippen LogP contribution < -0.4 is 10.6 Å². The molecule has 1 aliphatic rings. The fourth-order valence-electron chi connectivity index (χ4n) is 2.82. The highest BCUT2D eigenvalue weighted by molar-refractivity contribution is 14.1. The molecule has 26 heavy (non-hydrogen) atoms. The van der Waals surface area contributed by atoms with E-state index in [1.165, 1.54) is 0 Å². The Morgan fingerprint density at radius 1 is 1.15 bits per heavy atom. The van der Waals surface area contributed by atoms with Crippen LogP contribution in [0.4, 0.5) is 10.5 Å². The molecule has 6 nitrogen and oxygen atoms in total. The standard InChI is InChI=1S/C19H18IN3O3/c1-12-7-9-13(10-8-12)19(2)17(25)23(18(26)22-19)11-16(24)21-15-6-4-3-5-14(15)20/h3-10H,11H2,1-2H3,(H,21,24)(H,22,26). The number of benzene rings is 2. The number of nitrogens with one attached hydrogen (secondary N) is 2. The van der Waals surface area contributed by atoms with Crippen LogP contribution in [-0.2, 0) is 15.1 Å². The Morgan fingerprint density at radius 2 is 1.81 bits per heavy atom. The minimum atomic E-state index is -1.17. The average Bonchev–Trinajstić information content (AvgIpc) is 2.82. The van der Waals surface area contributed by atoms with Gasteiger partial charge in [-0.25, -0.2) is 4.79 Å². The van der Waals surface area contributed by atoms with Crippen LogP contribution in [0.1, 0.15) is 18.1 Å². The third kappa shape index (κ3) is 3.44. The largest absolute Gasteiger partial charge is 0.325 e. The number of nitrogens with zero attached hydrogens (tertiary/aromatic N) is 1. The average molecular weight is 463 g/mol. The van der Waals surface area contributed by atoms with E-state index in [2.05, 4.69) is 33.2 Å². The van der Waals surface area contributed by atoms with Crippen molar-refractivity contribution in [3.63, 3.8) is 0 Å². The summed E-state index contributed by atoms with van der Waals surface area (Å²) in [7, 11) is 0. The lowest BCUT2D eigenvalue weighted by molar-refractivity contribution is -0.133. The summed E-state index contributed by atoms with van der Waals surface area (Å²) in [6.07, 6.45) is 0. The number of amides is 4. The van der Waals surface area contributed by atoms with Crippen LogP contribution in [0.25, 0.3) is 0 Å². The molecule has 1 heterocycles. The van der Waals surface area contributed by atoms with Gasteiger partial charge in [0.25, 0.3) is 5.91 Å². The second kappa shape index (κ2) is 7.06. The zero-order valence-corrected chi connectivity index (χ0v) is 16.5. The van der Waals surface area contributed by atoms with Crippen molar-refractivity contribution in [2.75, 3.05) is 11.9 Å². The minimum Gasteiger partial charge on any atom is -0.324 e. The van der Waals surface area contributed by atoms with E-state index in [1.54, 1.807) is 19.1 Å². The molecular formula is C19H18IN3O3. The molecule has 0 radical (unpaired) electrons. The number of imide groups is 1. The fourth-order valence-corrected chi connectivity index (χ4v) is 3.34. The summed E-state index contributed by atoms with van der Waals surface area (Å²) in [5, 5.41) is 5.43. The molecule has 1 atom stereocenters. The molecule has 0 bridgehead atoms. The number of carbonyl (C=O) groups excluding carboxylic acids is 3. The number of rotatable bonds is 4. The number of para-hydroxylation sites is 1. The predicted octanol–water partition coefficient (Wildman–Crippen LogP) is 3.01. The smallest absolute Gasteiger partial charge is 0.324 e. The first-order chi connectivity index (χ1) is 12.3. The molecule has 1 saturated heterocycles. The summed E-state index contributed by atoms with van der Waals surface area (Å²) >= 11 is 2.11. The Balaban J connectivity index is 1.76. The maximum Gasteiger partial charge on any atom is 0.325 e. The van der Waals surface area contributed by atoms with E-state index in [1.807, 2.05) is 43.3 Å². The number of halogens is 1. The van der Waals surface area contributed by atoms with Gasteiger partial charge in [0.1, 0.15) is 12.1 Å². The van der Waals surface area contributed by atoms with E-state index >= 15 is 0 Å². The summed E-state index contributed by atoms with van der Waals surface area (Å²) < 4.78 is 0.875. The Morgan fingerprint density at radius 3 is 2.46 bits per heavy atom. The van der Waals surface area contributed by atoms with Crippen molar-refractivity contribution in [2.45, 2.75) is 19.4 Å². The van der Waals surface area contributed by atoms with Gasteiger partial charge in [0.05, 0.1) is 5.69 Å². The maximum atomic E-state index is 12.8. The maximum absolute atomic E-state index is 12.8. The molecule has 0 spiro atoms. The molecule has 0 aromatic heterocycles. The lowest BCUT2D eigenvalue weighted by atomic mass is 9.91. The van der Waals surface area contributed by atoms with Crippen LogP contribution in [0.2, 0.25) is 0 Å². The Hall–Kier alpha value is -2.42. The van der Waals surface area contributed by atoms with Gasteiger partial charge in [0.2, 0.25) is 5.91 Å². The Bertz CT molecular complexity index is 882. The summed E-state index contributed by atoms with van der Waals surface area (Å²) in [5.74, 6) is -0.866. The van der Waals surface area contributed by atoms with Gasteiger partial charge in [-0.3, -0.25) is 14.5 Å². The van der Waals surface area contributed by atoms with E-state index in [9.17, 15) is 14.4 Å². The molecule has 3 rings (SSSR count). The number of anilines is 1. The van der Waals surface area contributed by atoms with Gasteiger partial charge in [-0.15, -0.1) is 0 Å². The van der Waals surface area contributed by atoms with Crippen LogP contribution >= 0.6 is 22.6 Å². The fraction of sp³-hybridized carbons (Fsp3) is 0.211. The first-order valence-corrected chi connectivity index (χ1v) is 9.15. The molecule has 1 fully saturated rings. The van der Waals surface area contributed by atoms with Crippen molar-refractivity contribution in [1.82, 2.24) is 10.2 Å². The van der Waals surface area contributed by atoms with Crippen molar-refractivity contribution in [2.24, 2.45) is 0 Å². The highest BCUT2D eigenvalue weighted by Gasteiger charge is 2.49. The van der Waals surface area contributed by atoms with Crippen LogP contribution in [0.3, 0.4) is 0 Å². The monoisotopic (exact) mass is 463 g/mol. The molecule has 1 unspecified atom stereocenters. The molecule has 4 amide bonds. The highest BCUT2D eigenvalue weighted by Crippen LogP contribution is 2.29. The third-order valence-corrected chi connectivity index (χ3v) is 5.29. The van der Waals surface area contributed by atoms with Crippen molar-refractivity contribution >= 4 is 46.1 Å². The predicted molar refractivity (Wildman–Crippen MR) is 107 cm³/mol. The number of hydrogen-bond acceptors (Lipinski definition) is 3. The van der Waals surface area contributed by atoms with Gasteiger partial charge in [0, 0.05) is 3.57 Å². The Labute approximate surface area is 165 Å². The minimum absolute atomic E-state index is 0.336. The topological polar surface area (TPSA) is 78.5 Å². The van der Waals surface area contributed by atoms with Gasteiger partial charge in [-0.05, 0) is 54.1 Å². The summed E-state index contributed by atoms with van der Waals surface area (Å²) in [6, 6.07) is 14.1. The van der Waals surface area contributed by atoms with E-state index in [4.69, 9.17) is 0 Å². The van der Waals surface area contributed by atoms with Crippen molar-refractivity contribution in [3.05, 3.63) is 63.2 Å². The first-order valence-electron chi connectivity index (χ1n) is 8.07. The summed E-state index contributed by atoms with van der Waals surface area (Å²) in [6.45, 7) is 3.26. The van der Waals surface area contributed by atoms with Crippen LogP contribution in [0.5, 0.6) is 0 Å². The molecule has 2 aromatic carbocycles. The molecule has 2 aromatic rings. The first kappa shape index (κ1) is 18.4. The zero-order chi connectivity index (χ0) is 18.9. The van der Waals surface area contributed by atoms with E-state index in [0.29, 0.717) is 11.3 Å². The van der Waals surface area contributed by atoms with Gasteiger partial charge in [0.15, 0.2) is 0 Å².